The SMILES string of the molecule is O=C(NCC(O)c1ccc(F)cc1)Nc1cccc(COCc2ccco2)c1. The molecule has 0 aliphatic rings. The van der Waals surface area contributed by atoms with Crippen molar-refractivity contribution in [2.75, 3.05) is 11.9 Å². The summed E-state index contributed by atoms with van der Waals surface area (Å²) in [6.45, 7) is 0.747. The zero-order valence-electron chi connectivity index (χ0n) is 15.1. The summed E-state index contributed by atoms with van der Waals surface area (Å²) in [6.07, 6.45) is 0.669. The van der Waals surface area contributed by atoms with Crippen LogP contribution in [-0.4, -0.2) is 17.7 Å². The van der Waals surface area contributed by atoms with Crippen LogP contribution in [0.4, 0.5) is 14.9 Å². The van der Waals surface area contributed by atoms with Gasteiger partial charge in [-0.25, -0.2) is 9.18 Å². The van der Waals surface area contributed by atoms with Gasteiger partial charge < -0.3 is 24.9 Å². The number of hydrogen-bond donors (Lipinski definition) is 3. The number of amides is 2. The highest BCUT2D eigenvalue weighted by molar-refractivity contribution is 5.89. The monoisotopic (exact) mass is 384 g/mol. The Bertz CT molecular complexity index is 882. The van der Waals surface area contributed by atoms with E-state index in [1.54, 1.807) is 24.5 Å². The smallest absolute Gasteiger partial charge is 0.319 e. The van der Waals surface area contributed by atoms with E-state index in [0.717, 1.165) is 11.3 Å². The lowest BCUT2D eigenvalue weighted by molar-refractivity contribution is 0.0930. The minimum absolute atomic E-state index is 0.00339. The molecule has 0 saturated heterocycles. The summed E-state index contributed by atoms with van der Waals surface area (Å²) in [5.41, 5.74) is 2.03. The fourth-order valence-corrected chi connectivity index (χ4v) is 2.57. The first-order chi connectivity index (χ1) is 13.6. The molecule has 0 spiro atoms. The summed E-state index contributed by atoms with van der Waals surface area (Å²) in [7, 11) is 0. The number of nitrogens with one attached hydrogen (secondary N) is 2. The van der Waals surface area contributed by atoms with Crippen molar-refractivity contribution in [1.82, 2.24) is 5.32 Å². The molecular weight excluding hydrogens is 363 g/mol. The van der Waals surface area contributed by atoms with Crippen molar-refractivity contribution < 1.29 is 23.4 Å². The van der Waals surface area contributed by atoms with Gasteiger partial charge in [0.15, 0.2) is 0 Å². The molecule has 0 aliphatic heterocycles. The molecule has 146 valence electrons. The van der Waals surface area contributed by atoms with Crippen LogP contribution < -0.4 is 10.6 Å². The van der Waals surface area contributed by atoms with Gasteiger partial charge in [-0.3, -0.25) is 0 Å². The van der Waals surface area contributed by atoms with Gasteiger partial charge in [0.1, 0.15) is 18.2 Å². The summed E-state index contributed by atoms with van der Waals surface area (Å²) < 4.78 is 23.7. The lowest BCUT2D eigenvalue weighted by Gasteiger charge is -2.13. The predicted octanol–water partition coefficient (Wildman–Crippen LogP) is 3.99. The van der Waals surface area contributed by atoms with E-state index in [-0.39, 0.29) is 12.4 Å². The number of hydrogen-bond acceptors (Lipinski definition) is 4. The maximum absolute atomic E-state index is 12.9. The van der Waals surface area contributed by atoms with Crippen molar-refractivity contribution in [2.45, 2.75) is 19.3 Å². The van der Waals surface area contributed by atoms with E-state index in [2.05, 4.69) is 10.6 Å². The third-order valence-electron chi connectivity index (χ3n) is 3.99. The predicted molar refractivity (Wildman–Crippen MR) is 102 cm³/mol. The summed E-state index contributed by atoms with van der Waals surface area (Å²) in [4.78, 5) is 12.0. The molecule has 2 amide bonds. The molecule has 2 aromatic carbocycles. The Hall–Kier alpha value is -3.16. The van der Waals surface area contributed by atoms with Gasteiger partial charge in [0.2, 0.25) is 0 Å². The van der Waals surface area contributed by atoms with Crippen LogP contribution in [0.3, 0.4) is 0 Å². The van der Waals surface area contributed by atoms with Crippen LogP contribution >= 0.6 is 0 Å². The average Bonchev–Trinajstić information content (AvgIpc) is 3.20. The number of ether oxygens (including phenoxy) is 1. The van der Waals surface area contributed by atoms with Crippen LogP contribution in [-0.2, 0) is 18.0 Å². The molecule has 0 aliphatic carbocycles. The number of carbonyl (C=O) groups is 1. The highest BCUT2D eigenvalue weighted by Crippen LogP contribution is 2.14. The molecule has 1 unspecified atom stereocenters. The van der Waals surface area contributed by atoms with Crippen LogP contribution in [0.2, 0.25) is 0 Å². The first-order valence-electron chi connectivity index (χ1n) is 8.77. The number of rotatable bonds is 8. The van der Waals surface area contributed by atoms with Crippen LogP contribution in [0.5, 0.6) is 0 Å². The third kappa shape index (κ3) is 5.94. The molecule has 0 radical (unpaired) electrons. The van der Waals surface area contributed by atoms with Crippen LogP contribution in [0, 0.1) is 5.82 Å². The molecule has 0 bridgehead atoms. The van der Waals surface area contributed by atoms with E-state index in [4.69, 9.17) is 9.15 Å². The zero-order valence-corrected chi connectivity index (χ0v) is 15.1. The van der Waals surface area contributed by atoms with E-state index in [1.807, 2.05) is 18.2 Å². The summed E-state index contributed by atoms with van der Waals surface area (Å²) in [6, 6.07) is 15.9. The topological polar surface area (TPSA) is 83.7 Å². The molecule has 1 heterocycles. The quantitative estimate of drug-likeness (QED) is 0.548. The lowest BCUT2D eigenvalue weighted by atomic mass is 10.1. The van der Waals surface area contributed by atoms with Gasteiger partial charge in [-0.15, -0.1) is 0 Å². The number of benzene rings is 2. The first-order valence-corrected chi connectivity index (χ1v) is 8.77. The van der Waals surface area contributed by atoms with Gasteiger partial charge in [-0.2, -0.15) is 0 Å². The summed E-state index contributed by atoms with van der Waals surface area (Å²) in [5.74, 6) is 0.364. The standard InChI is InChI=1S/C21H21FN2O4/c22-17-8-6-16(7-9-17)20(25)12-23-21(26)24-18-4-1-3-15(11-18)13-27-14-19-5-2-10-28-19/h1-11,20,25H,12-14H2,(H2,23,24,26). The Kier molecular flexibility index (Phi) is 6.78. The molecule has 1 aromatic heterocycles. The fourth-order valence-electron chi connectivity index (χ4n) is 2.57. The minimum atomic E-state index is -0.923. The molecule has 6 nitrogen and oxygen atoms in total. The molecule has 3 aromatic rings. The molecule has 3 N–H and O–H groups in total. The number of halogens is 1. The van der Waals surface area contributed by atoms with Gasteiger partial charge in [-0.05, 0) is 47.5 Å². The van der Waals surface area contributed by atoms with Crippen molar-refractivity contribution in [1.29, 1.82) is 0 Å². The Morgan fingerprint density at radius 1 is 1.11 bits per heavy atom. The van der Waals surface area contributed by atoms with Gasteiger partial charge in [0.25, 0.3) is 0 Å². The number of aliphatic hydroxyl groups is 1. The number of urea groups is 1. The van der Waals surface area contributed by atoms with E-state index >= 15 is 0 Å². The van der Waals surface area contributed by atoms with E-state index in [9.17, 15) is 14.3 Å². The summed E-state index contributed by atoms with van der Waals surface area (Å²) in [5, 5.41) is 15.4. The van der Waals surface area contributed by atoms with Crippen molar-refractivity contribution in [3.8, 4) is 0 Å². The molecule has 7 heteroatoms. The Morgan fingerprint density at radius 3 is 2.68 bits per heavy atom. The Labute approximate surface area is 161 Å². The second-order valence-corrected chi connectivity index (χ2v) is 6.17. The van der Waals surface area contributed by atoms with E-state index in [0.29, 0.717) is 24.5 Å². The molecular formula is C21H21FN2O4. The van der Waals surface area contributed by atoms with Gasteiger partial charge in [-0.1, -0.05) is 24.3 Å². The first kappa shape index (κ1) is 19.6. The number of furan rings is 1. The Balaban J connectivity index is 1.45. The highest BCUT2D eigenvalue weighted by Gasteiger charge is 2.10. The highest BCUT2D eigenvalue weighted by atomic mass is 19.1. The normalized spacial score (nSPS) is 11.8. The van der Waals surface area contributed by atoms with Gasteiger partial charge in [0, 0.05) is 12.2 Å². The van der Waals surface area contributed by atoms with E-state index in [1.165, 1.54) is 24.3 Å². The van der Waals surface area contributed by atoms with Crippen molar-refractivity contribution in [2.24, 2.45) is 0 Å². The van der Waals surface area contributed by atoms with Crippen molar-refractivity contribution in [3.63, 3.8) is 0 Å². The Morgan fingerprint density at radius 2 is 1.93 bits per heavy atom. The number of aliphatic hydroxyl groups excluding tert-OH is 1. The van der Waals surface area contributed by atoms with Gasteiger partial charge >= 0.3 is 6.03 Å². The molecule has 3 rings (SSSR count). The molecule has 0 saturated carbocycles. The fraction of sp³-hybridized carbons (Fsp3) is 0.190. The van der Waals surface area contributed by atoms with Gasteiger partial charge in [0.05, 0.1) is 19.0 Å². The second-order valence-electron chi connectivity index (χ2n) is 6.17. The van der Waals surface area contributed by atoms with E-state index < -0.39 is 12.1 Å². The number of anilines is 1. The molecule has 28 heavy (non-hydrogen) atoms. The maximum atomic E-state index is 12.9. The van der Waals surface area contributed by atoms with Crippen molar-refractivity contribution >= 4 is 11.7 Å². The van der Waals surface area contributed by atoms with Crippen LogP contribution in [0.1, 0.15) is 23.0 Å². The second kappa shape index (κ2) is 9.68. The largest absolute Gasteiger partial charge is 0.467 e. The molecule has 1 atom stereocenters. The average molecular weight is 384 g/mol. The van der Waals surface area contributed by atoms with Crippen LogP contribution in [0.25, 0.3) is 0 Å². The van der Waals surface area contributed by atoms with Crippen molar-refractivity contribution in [3.05, 3.63) is 89.6 Å². The summed E-state index contributed by atoms with van der Waals surface area (Å²) >= 11 is 0. The zero-order chi connectivity index (χ0) is 19.8. The molecule has 0 fully saturated rings. The number of carbonyl (C=O) groups excluding carboxylic acids is 1. The van der Waals surface area contributed by atoms with Crippen LogP contribution in [0.15, 0.2) is 71.3 Å². The third-order valence-corrected chi connectivity index (χ3v) is 3.99. The lowest BCUT2D eigenvalue weighted by Crippen LogP contribution is -2.32. The minimum Gasteiger partial charge on any atom is -0.467 e. The maximum Gasteiger partial charge on any atom is 0.319 e.